The monoisotopic (exact) mass is 99.0 g/mol. The van der Waals surface area contributed by atoms with Crippen molar-refractivity contribution in [2.45, 2.75) is 0 Å². The molecule has 0 aromatic carbocycles. The molecule has 0 spiro atoms. The molecular formula is CH7AlLiNO2. The molecule has 0 aromatic rings. The number of hydrogen-bond acceptors (Lipinski definition) is 1. The fraction of sp³-hybridized carbons (Fsp3) is 0. The van der Waals surface area contributed by atoms with Gasteiger partial charge in [0.15, 0.2) is 17.4 Å². The van der Waals surface area contributed by atoms with Crippen molar-refractivity contribution in [3.8, 4) is 0 Å². The second-order valence-electron chi connectivity index (χ2n) is 0.338. The van der Waals surface area contributed by atoms with Gasteiger partial charge in [0.2, 0.25) is 0 Å². The van der Waals surface area contributed by atoms with Crippen molar-refractivity contribution >= 4 is 23.5 Å². The first-order valence-electron chi connectivity index (χ1n) is 0.716. The summed E-state index contributed by atoms with van der Waals surface area (Å²) in [5, 5.41) is 7.19. The first-order valence-corrected chi connectivity index (χ1v) is 0.716. The summed E-state index contributed by atoms with van der Waals surface area (Å²) in [6.07, 6.45) is -1.33. The molecule has 0 aliphatic carbocycles. The second-order valence-corrected chi connectivity index (χ2v) is 0.338. The van der Waals surface area contributed by atoms with E-state index in [-0.39, 0.29) is 37.6 Å². The van der Waals surface area contributed by atoms with E-state index < -0.39 is 6.09 Å². The molecule has 3 N–H and O–H groups in total. The van der Waals surface area contributed by atoms with Gasteiger partial charge in [-0.05, 0) is 0 Å². The molecule has 5 heteroatoms. The van der Waals surface area contributed by atoms with E-state index in [1.54, 1.807) is 0 Å². The summed E-state index contributed by atoms with van der Waals surface area (Å²) in [6.45, 7) is 0. The Hall–Kier alpha value is 0.400. The minimum Gasteiger partial charge on any atom is -1.00 e. The SMILES string of the molecule is NC(=O)O.[AlH3].[H-].[Li+]. The summed E-state index contributed by atoms with van der Waals surface area (Å²) in [5.41, 5.74) is 4.03. The fourth-order valence-electron chi connectivity index (χ4n) is 0. The van der Waals surface area contributed by atoms with Gasteiger partial charge in [0.1, 0.15) is 0 Å². The molecule has 0 saturated carbocycles. The summed E-state index contributed by atoms with van der Waals surface area (Å²) in [7, 11) is 0. The minimum atomic E-state index is -1.33. The van der Waals surface area contributed by atoms with Crippen molar-refractivity contribution in [3.63, 3.8) is 0 Å². The van der Waals surface area contributed by atoms with Gasteiger partial charge in [-0.1, -0.05) is 0 Å². The van der Waals surface area contributed by atoms with Crippen LogP contribution < -0.4 is 24.6 Å². The van der Waals surface area contributed by atoms with Gasteiger partial charge in [-0.15, -0.1) is 0 Å². The van der Waals surface area contributed by atoms with E-state index in [1.807, 2.05) is 0 Å². The van der Waals surface area contributed by atoms with Gasteiger partial charge in [-0.3, -0.25) is 0 Å². The molecule has 0 aliphatic rings. The Morgan fingerprint density at radius 1 is 1.83 bits per heavy atom. The van der Waals surface area contributed by atoms with Crippen LogP contribution in [0, 0.1) is 0 Å². The molecule has 0 unspecified atom stereocenters. The quantitative estimate of drug-likeness (QED) is 0.301. The van der Waals surface area contributed by atoms with E-state index in [4.69, 9.17) is 9.90 Å². The predicted molar refractivity (Wildman–Crippen MR) is 23.3 cm³/mol. The zero-order valence-electron chi connectivity index (χ0n) is 3.93. The maximum absolute atomic E-state index is 8.78. The molecule has 0 aromatic heterocycles. The fourth-order valence-corrected chi connectivity index (χ4v) is 0. The topological polar surface area (TPSA) is 63.3 Å². The van der Waals surface area contributed by atoms with Crippen LogP contribution in [0.25, 0.3) is 0 Å². The maximum Gasteiger partial charge on any atom is 1.00 e. The number of carbonyl (C=O) groups is 1. The normalized spacial score (nSPS) is 4.00. The van der Waals surface area contributed by atoms with E-state index in [2.05, 4.69) is 5.73 Å². The summed E-state index contributed by atoms with van der Waals surface area (Å²) >= 11 is 0. The van der Waals surface area contributed by atoms with Crippen LogP contribution in [0.1, 0.15) is 1.43 Å². The van der Waals surface area contributed by atoms with Crippen molar-refractivity contribution < 1.29 is 30.2 Å². The number of carboxylic acid groups (broad SMARTS) is 1. The van der Waals surface area contributed by atoms with Gasteiger partial charge in [0, 0.05) is 0 Å². The maximum atomic E-state index is 8.78. The molecule has 6 heavy (non-hydrogen) atoms. The van der Waals surface area contributed by atoms with E-state index in [1.165, 1.54) is 0 Å². The molecular weight excluding hydrogens is 91.9 g/mol. The van der Waals surface area contributed by atoms with Crippen LogP contribution in [0.5, 0.6) is 0 Å². The van der Waals surface area contributed by atoms with E-state index in [0.29, 0.717) is 0 Å². The Labute approximate surface area is 59.7 Å². The number of hydrogen-bond donors (Lipinski definition) is 2. The van der Waals surface area contributed by atoms with Gasteiger partial charge in [0.25, 0.3) is 0 Å². The van der Waals surface area contributed by atoms with Gasteiger partial charge in [-0.2, -0.15) is 0 Å². The molecule has 0 heterocycles. The van der Waals surface area contributed by atoms with E-state index in [0.717, 1.165) is 0 Å². The molecule has 0 saturated heterocycles. The first-order chi connectivity index (χ1) is 1.73. The van der Waals surface area contributed by atoms with Crippen molar-refractivity contribution in [1.82, 2.24) is 0 Å². The van der Waals surface area contributed by atoms with Crippen LogP contribution in [0.3, 0.4) is 0 Å². The van der Waals surface area contributed by atoms with Crippen LogP contribution in [-0.4, -0.2) is 28.6 Å². The Balaban J connectivity index is -0.0000000150. The van der Waals surface area contributed by atoms with Crippen LogP contribution in [0.4, 0.5) is 4.79 Å². The molecule has 0 bridgehead atoms. The van der Waals surface area contributed by atoms with Gasteiger partial charge < -0.3 is 12.3 Å². The van der Waals surface area contributed by atoms with Crippen molar-refractivity contribution in [2.75, 3.05) is 0 Å². The molecule has 0 fully saturated rings. The van der Waals surface area contributed by atoms with Crippen LogP contribution in [0.2, 0.25) is 0 Å². The molecule has 0 atom stereocenters. The van der Waals surface area contributed by atoms with E-state index >= 15 is 0 Å². The smallest absolute Gasteiger partial charge is 1.00 e. The molecule has 1 amide bonds. The van der Waals surface area contributed by atoms with Crippen molar-refractivity contribution in [3.05, 3.63) is 0 Å². The molecule has 0 rings (SSSR count). The second kappa shape index (κ2) is 9.04. The number of nitrogens with two attached hydrogens (primary N) is 1. The van der Waals surface area contributed by atoms with Gasteiger partial charge in [-0.25, -0.2) is 4.79 Å². The zero-order valence-corrected chi connectivity index (χ0v) is 2.93. The average molecular weight is 99.0 g/mol. The first kappa shape index (κ1) is 16.1. The Morgan fingerprint density at radius 2 is 1.83 bits per heavy atom. The third kappa shape index (κ3) is 318. The van der Waals surface area contributed by atoms with E-state index in [9.17, 15) is 0 Å². The van der Waals surface area contributed by atoms with Crippen LogP contribution in [-0.2, 0) is 0 Å². The third-order valence-electron chi connectivity index (χ3n) is 0. The summed E-state index contributed by atoms with van der Waals surface area (Å²) in [5.74, 6) is 0. The average Bonchev–Trinajstić information content (AvgIpc) is 0.811. The summed E-state index contributed by atoms with van der Waals surface area (Å²) in [4.78, 5) is 8.78. The van der Waals surface area contributed by atoms with Crippen LogP contribution in [0.15, 0.2) is 0 Å². The van der Waals surface area contributed by atoms with Gasteiger partial charge in [0.05, 0.1) is 0 Å². The number of rotatable bonds is 0. The summed E-state index contributed by atoms with van der Waals surface area (Å²) < 4.78 is 0. The molecule has 3 nitrogen and oxygen atoms in total. The zero-order chi connectivity index (χ0) is 3.58. The van der Waals surface area contributed by atoms with Crippen molar-refractivity contribution in [2.24, 2.45) is 5.73 Å². The van der Waals surface area contributed by atoms with Gasteiger partial charge >= 0.3 is 25.0 Å². The number of primary amides is 1. The minimum absolute atomic E-state index is 0. The number of amides is 1. The van der Waals surface area contributed by atoms with Crippen molar-refractivity contribution in [1.29, 1.82) is 0 Å². The standard InChI is InChI=1S/CH3NO2.Al.Li.4H/c2-1(3)4;;;;;;/h2H2,(H,3,4);;;;;;/q;;+1;;;;-1. The molecule has 0 radical (unpaired) electrons. The molecule has 0 aliphatic heterocycles. The largest absolute Gasteiger partial charge is 1.00 e. The Morgan fingerprint density at radius 3 is 1.83 bits per heavy atom. The Bertz CT molecular complexity index is 40.7. The van der Waals surface area contributed by atoms with Crippen LogP contribution >= 0.6 is 0 Å². The predicted octanol–water partition coefficient (Wildman–Crippen LogP) is -4.44. The summed E-state index contributed by atoms with van der Waals surface area (Å²) in [6, 6.07) is 0. The molecule has 32 valence electrons. The Kier molecular flexibility index (Phi) is 24.3. The third-order valence-corrected chi connectivity index (χ3v) is 0.